The minimum atomic E-state index is -0.587. The first kappa shape index (κ1) is 14.9. The number of nitrogens with two attached hydrogens (primary N) is 1. The lowest BCUT2D eigenvalue weighted by Crippen LogP contribution is -2.45. The van der Waals surface area contributed by atoms with E-state index in [1.807, 2.05) is 0 Å². The molecule has 1 aliphatic heterocycles. The summed E-state index contributed by atoms with van der Waals surface area (Å²) in [5.41, 5.74) is 5.26. The van der Waals surface area contributed by atoms with Crippen LogP contribution in [0.5, 0.6) is 0 Å². The van der Waals surface area contributed by atoms with Gasteiger partial charge < -0.3 is 21.1 Å². The van der Waals surface area contributed by atoms with E-state index in [-0.39, 0.29) is 6.61 Å². The van der Waals surface area contributed by atoms with Crippen LogP contribution in [0, 0.1) is 0 Å². The van der Waals surface area contributed by atoms with Gasteiger partial charge >= 0.3 is 11.8 Å². The van der Waals surface area contributed by atoms with Crippen molar-refractivity contribution in [3.8, 4) is 0 Å². The molecule has 4 N–H and O–H groups in total. The Hall–Kier alpha value is -1.18. The molecule has 1 aliphatic rings. The number of hydrogen-bond acceptors (Lipinski definition) is 5. The van der Waals surface area contributed by atoms with Crippen LogP contribution in [0.3, 0.4) is 0 Å². The fourth-order valence-corrected chi connectivity index (χ4v) is 1.94. The van der Waals surface area contributed by atoms with Crippen molar-refractivity contribution in [1.29, 1.82) is 0 Å². The van der Waals surface area contributed by atoms with Crippen molar-refractivity contribution >= 4 is 11.8 Å². The highest BCUT2D eigenvalue weighted by Crippen LogP contribution is 2.03. The number of carbonyl (C=O) groups is 2. The second-order valence-corrected chi connectivity index (χ2v) is 4.26. The Balaban J connectivity index is 2.41. The molecule has 0 bridgehead atoms. The maximum atomic E-state index is 11.8. The molecule has 0 aromatic carbocycles. The van der Waals surface area contributed by atoms with Gasteiger partial charge in [0.1, 0.15) is 0 Å². The molecule has 0 atom stereocenters. The Morgan fingerprint density at radius 3 is 2.67 bits per heavy atom. The van der Waals surface area contributed by atoms with Gasteiger partial charge in [0.25, 0.3) is 0 Å². The SMILES string of the molecule is NCCNC(=O)C(=O)N1CCCN(CCO)CC1. The van der Waals surface area contributed by atoms with Crippen molar-refractivity contribution < 1.29 is 14.7 Å². The molecule has 7 nitrogen and oxygen atoms in total. The summed E-state index contributed by atoms with van der Waals surface area (Å²) in [6, 6.07) is 0. The van der Waals surface area contributed by atoms with Crippen LogP contribution in [0.1, 0.15) is 6.42 Å². The van der Waals surface area contributed by atoms with Crippen LogP contribution in [0.4, 0.5) is 0 Å². The Morgan fingerprint density at radius 1 is 1.22 bits per heavy atom. The van der Waals surface area contributed by atoms with E-state index < -0.39 is 11.8 Å². The minimum Gasteiger partial charge on any atom is -0.395 e. The van der Waals surface area contributed by atoms with Crippen molar-refractivity contribution in [3.63, 3.8) is 0 Å². The molecule has 0 aromatic rings. The lowest BCUT2D eigenvalue weighted by Gasteiger charge is -2.20. The standard InChI is InChI=1S/C11H22N4O3/c12-2-3-13-10(17)11(18)15-5-1-4-14(6-7-15)8-9-16/h16H,1-9,12H2,(H,13,17). The molecule has 1 heterocycles. The van der Waals surface area contributed by atoms with Crippen LogP contribution < -0.4 is 11.1 Å². The number of carbonyl (C=O) groups excluding carboxylic acids is 2. The number of amides is 2. The first-order valence-corrected chi connectivity index (χ1v) is 6.29. The molecule has 1 saturated heterocycles. The fourth-order valence-electron chi connectivity index (χ4n) is 1.94. The Bertz CT molecular complexity index is 285. The Labute approximate surface area is 107 Å². The van der Waals surface area contributed by atoms with Crippen molar-refractivity contribution in [2.24, 2.45) is 5.73 Å². The lowest BCUT2D eigenvalue weighted by molar-refractivity contribution is -0.145. The zero-order valence-electron chi connectivity index (χ0n) is 10.6. The minimum absolute atomic E-state index is 0.116. The largest absolute Gasteiger partial charge is 0.395 e. The summed E-state index contributed by atoms with van der Waals surface area (Å²) in [6.45, 7) is 4.00. The summed E-state index contributed by atoms with van der Waals surface area (Å²) in [7, 11) is 0. The molecule has 0 saturated carbocycles. The second kappa shape index (κ2) is 8.02. The van der Waals surface area contributed by atoms with Crippen LogP contribution in [-0.4, -0.2) is 79.1 Å². The quantitative estimate of drug-likeness (QED) is 0.488. The fraction of sp³-hybridized carbons (Fsp3) is 0.818. The van der Waals surface area contributed by atoms with Crippen LogP contribution in [-0.2, 0) is 9.59 Å². The van der Waals surface area contributed by atoms with Gasteiger partial charge in [-0.2, -0.15) is 0 Å². The first-order chi connectivity index (χ1) is 8.69. The maximum Gasteiger partial charge on any atom is 0.311 e. The van der Waals surface area contributed by atoms with Gasteiger partial charge in [-0.05, 0) is 13.0 Å². The van der Waals surface area contributed by atoms with Gasteiger partial charge in [0.05, 0.1) is 6.61 Å². The van der Waals surface area contributed by atoms with Crippen LogP contribution in [0.2, 0.25) is 0 Å². The first-order valence-electron chi connectivity index (χ1n) is 6.29. The molecule has 0 spiro atoms. The molecule has 18 heavy (non-hydrogen) atoms. The van der Waals surface area contributed by atoms with Crippen LogP contribution >= 0.6 is 0 Å². The summed E-state index contributed by atoms with van der Waals surface area (Å²) in [6.07, 6.45) is 0.815. The van der Waals surface area contributed by atoms with E-state index in [0.29, 0.717) is 39.3 Å². The summed E-state index contributed by atoms with van der Waals surface area (Å²) in [5.74, 6) is -1.08. The van der Waals surface area contributed by atoms with Crippen LogP contribution in [0.15, 0.2) is 0 Å². The second-order valence-electron chi connectivity index (χ2n) is 4.26. The van der Waals surface area contributed by atoms with Gasteiger partial charge in [-0.1, -0.05) is 0 Å². The predicted octanol–water partition coefficient (Wildman–Crippen LogP) is -2.41. The molecule has 1 rings (SSSR count). The Morgan fingerprint density at radius 2 is 2.00 bits per heavy atom. The molecule has 0 radical (unpaired) electrons. The molecule has 0 aromatic heterocycles. The third-order valence-electron chi connectivity index (χ3n) is 2.92. The number of rotatable bonds is 4. The van der Waals surface area contributed by atoms with Gasteiger partial charge in [0.2, 0.25) is 0 Å². The van der Waals surface area contributed by atoms with E-state index in [1.54, 1.807) is 4.90 Å². The molecule has 7 heteroatoms. The summed E-state index contributed by atoms with van der Waals surface area (Å²) in [4.78, 5) is 27.0. The maximum absolute atomic E-state index is 11.8. The summed E-state index contributed by atoms with van der Waals surface area (Å²) < 4.78 is 0. The molecule has 0 unspecified atom stereocenters. The van der Waals surface area contributed by atoms with E-state index in [9.17, 15) is 9.59 Å². The number of aliphatic hydroxyl groups is 1. The van der Waals surface area contributed by atoms with E-state index >= 15 is 0 Å². The lowest BCUT2D eigenvalue weighted by atomic mass is 10.3. The highest BCUT2D eigenvalue weighted by molar-refractivity contribution is 6.35. The van der Waals surface area contributed by atoms with Crippen molar-refractivity contribution in [3.05, 3.63) is 0 Å². The molecular weight excluding hydrogens is 236 g/mol. The normalized spacial score (nSPS) is 17.3. The van der Waals surface area contributed by atoms with Crippen molar-refractivity contribution in [1.82, 2.24) is 15.1 Å². The zero-order chi connectivity index (χ0) is 13.4. The number of aliphatic hydroxyl groups excluding tert-OH is 1. The highest BCUT2D eigenvalue weighted by atomic mass is 16.3. The van der Waals surface area contributed by atoms with Gasteiger partial charge in [0, 0.05) is 39.3 Å². The summed E-state index contributed by atoms with van der Waals surface area (Å²) in [5, 5.41) is 11.4. The number of nitrogens with zero attached hydrogens (tertiary/aromatic N) is 2. The number of hydrogen-bond donors (Lipinski definition) is 3. The van der Waals surface area contributed by atoms with Gasteiger partial charge in [-0.3, -0.25) is 14.5 Å². The number of nitrogens with one attached hydrogen (secondary N) is 1. The third-order valence-corrected chi connectivity index (χ3v) is 2.92. The van der Waals surface area contributed by atoms with Crippen LogP contribution in [0.25, 0.3) is 0 Å². The average molecular weight is 258 g/mol. The van der Waals surface area contributed by atoms with Gasteiger partial charge in [0.15, 0.2) is 0 Å². The summed E-state index contributed by atoms with van der Waals surface area (Å²) >= 11 is 0. The van der Waals surface area contributed by atoms with Gasteiger partial charge in [-0.25, -0.2) is 0 Å². The molecule has 0 aliphatic carbocycles. The van der Waals surface area contributed by atoms with E-state index in [4.69, 9.17) is 10.8 Å². The van der Waals surface area contributed by atoms with Crippen molar-refractivity contribution in [2.45, 2.75) is 6.42 Å². The average Bonchev–Trinajstić information content (AvgIpc) is 2.61. The number of β-amino-alcohol motifs (C(OH)–C–C–N with tert-alkyl or cyclic N) is 1. The Kier molecular flexibility index (Phi) is 6.63. The zero-order valence-corrected chi connectivity index (χ0v) is 10.6. The van der Waals surface area contributed by atoms with Crippen molar-refractivity contribution in [2.75, 3.05) is 52.4 Å². The van der Waals surface area contributed by atoms with E-state index in [0.717, 1.165) is 13.0 Å². The molecule has 104 valence electrons. The topological polar surface area (TPSA) is 98.9 Å². The van der Waals surface area contributed by atoms with Gasteiger partial charge in [-0.15, -0.1) is 0 Å². The third kappa shape index (κ3) is 4.59. The monoisotopic (exact) mass is 258 g/mol. The molecule has 2 amide bonds. The van der Waals surface area contributed by atoms with E-state index in [2.05, 4.69) is 10.2 Å². The smallest absolute Gasteiger partial charge is 0.311 e. The van der Waals surface area contributed by atoms with E-state index in [1.165, 1.54) is 0 Å². The molecular formula is C11H22N4O3. The highest BCUT2D eigenvalue weighted by Gasteiger charge is 2.23. The molecule has 1 fully saturated rings. The predicted molar refractivity (Wildman–Crippen MR) is 66.8 cm³/mol.